The van der Waals surface area contributed by atoms with Gasteiger partial charge in [0, 0.05) is 25.3 Å². The number of benzene rings is 1. The number of fused-ring (bicyclic) bond motifs is 1. The van der Waals surface area contributed by atoms with Crippen LogP contribution in [0.2, 0.25) is 0 Å². The molecule has 4 rings (SSSR count). The van der Waals surface area contributed by atoms with E-state index in [2.05, 4.69) is 22.9 Å². The van der Waals surface area contributed by atoms with Crippen LogP contribution >= 0.6 is 0 Å². The van der Waals surface area contributed by atoms with Gasteiger partial charge in [0.1, 0.15) is 11.6 Å². The standard InChI is InChI=1S/C23H30FN3/c1-26-13-6-14-27(16-15-26)23-17-21(18-9-11-19(24)12-10-18)20-7-4-2-3-5-8-22(20)25-23/h9-12,17H,2-8,13-16H2,1H3. The normalized spacial score (nSPS) is 19.1. The third-order valence-electron chi connectivity index (χ3n) is 5.99. The molecule has 2 aromatic rings. The zero-order valence-corrected chi connectivity index (χ0v) is 16.4. The molecule has 2 heterocycles. The summed E-state index contributed by atoms with van der Waals surface area (Å²) in [6.45, 7) is 4.29. The minimum absolute atomic E-state index is 0.175. The molecule has 1 aromatic heterocycles. The van der Waals surface area contributed by atoms with Crippen LogP contribution < -0.4 is 4.90 Å². The summed E-state index contributed by atoms with van der Waals surface area (Å²) in [5.74, 6) is 0.926. The van der Waals surface area contributed by atoms with Crippen molar-refractivity contribution in [2.45, 2.75) is 44.9 Å². The molecule has 0 unspecified atom stereocenters. The molecule has 1 aromatic carbocycles. The molecule has 0 saturated carbocycles. The Bertz CT molecular complexity index is 772. The third kappa shape index (κ3) is 4.32. The van der Waals surface area contributed by atoms with E-state index in [1.807, 2.05) is 12.1 Å². The van der Waals surface area contributed by atoms with Crippen molar-refractivity contribution in [2.75, 3.05) is 38.1 Å². The molecule has 1 aliphatic carbocycles. The second-order valence-corrected chi connectivity index (χ2v) is 8.02. The van der Waals surface area contributed by atoms with Crippen LogP contribution in [0.15, 0.2) is 30.3 Å². The molecule has 0 bridgehead atoms. The number of pyridine rings is 1. The number of rotatable bonds is 2. The van der Waals surface area contributed by atoms with E-state index in [1.165, 1.54) is 48.9 Å². The Hall–Kier alpha value is -1.94. The van der Waals surface area contributed by atoms with Crippen LogP contribution in [-0.2, 0) is 12.8 Å². The van der Waals surface area contributed by atoms with Crippen molar-refractivity contribution in [3.05, 3.63) is 47.4 Å². The number of hydrogen-bond donors (Lipinski definition) is 0. The number of aromatic nitrogens is 1. The monoisotopic (exact) mass is 367 g/mol. The van der Waals surface area contributed by atoms with Gasteiger partial charge in [0.25, 0.3) is 0 Å². The van der Waals surface area contributed by atoms with E-state index in [0.717, 1.165) is 50.4 Å². The summed E-state index contributed by atoms with van der Waals surface area (Å²) in [5, 5.41) is 0. The van der Waals surface area contributed by atoms with Crippen LogP contribution in [0.5, 0.6) is 0 Å². The number of anilines is 1. The third-order valence-corrected chi connectivity index (χ3v) is 5.99. The van der Waals surface area contributed by atoms with Crippen molar-refractivity contribution in [3.63, 3.8) is 0 Å². The van der Waals surface area contributed by atoms with Gasteiger partial charge in [0.05, 0.1) is 0 Å². The van der Waals surface area contributed by atoms with Gasteiger partial charge >= 0.3 is 0 Å². The predicted molar refractivity (Wildman–Crippen MR) is 110 cm³/mol. The maximum atomic E-state index is 13.5. The summed E-state index contributed by atoms with van der Waals surface area (Å²) in [7, 11) is 2.20. The highest BCUT2D eigenvalue weighted by Crippen LogP contribution is 2.33. The van der Waals surface area contributed by atoms with E-state index in [-0.39, 0.29) is 5.82 Å². The van der Waals surface area contributed by atoms with Gasteiger partial charge in [-0.25, -0.2) is 9.37 Å². The van der Waals surface area contributed by atoms with E-state index in [0.29, 0.717) is 0 Å². The van der Waals surface area contributed by atoms with Crippen LogP contribution in [-0.4, -0.2) is 43.1 Å². The smallest absolute Gasteiger partial charge is 0.129 e. The molecule has 0 amide bonds. The average molecular weight is 368 g/mol. The van der Waals surface area contributed by atoms with Gasteiger partial charge in [-0.05, 0) is 80.6 Å². The molecule has 27 heavy (non-hydrogen) atoms. The maximum Gasteiger partial charge on any atom is 0.129 e. The molecule has 0 atom stereocenters. The Morgan fingerprint density at radius 1 is 0.852 bits per heavy atom. The van der Waals surface area contributed by atoms with Crippen LogP contribution in [0, 0.1) is 5.82 Å². The zero-order valence-electron chi connectivity index (χ0n) is 16.4. The number of nitrogens with zero attached hydrogens (tertiary/aromatic N) is 3. The van der Waals surface area contributed by atoms with Crippen molar-refractivity contribution in [2.24, 2.45) is 0 Å². The second-order valence-electron chi connectivity index (χ2n) is 8.02. The number of aryl methyl sites for hydroxylation is 1. The van der Waals surface area contributed by atoms with E-state index in [1.54, 1.807) is 12.1 Å². The van der Waals surface area contributed by atoms with E-state index in [4.69, 9.17) is 4.98 Å². The molecule has 0 spiro atoms. The largest absolute Gasteiger partial charge is 0.355 e. The Labute approximate surface area is 162 Å². The van der Waals surface area contributed by atoms with Gasteiger partial charge in [-0.2, -0.15) is 0 Å². The first-order chi connectivity index (χ1) is 13.2. The van der Waals surface area contributed by atoms with Gasteiger partial charge in [-0.15, -0.1) is 0 Å². The fraction of sp³-hybridized carbons (Fsp3) is 0.522. The molecule has 144 valence electrons. The van der Waals surface area contributed by atoms with Gasteiger partial charge < -0.3 is 9.80 Å². The average Bonchev–Trinajstić information content (AvgIpc) is 2.87. The number of halogens is 1. The highest BCUT2D eigenvalue weighted by Gasteiger charge is 2.20. The molecule has 0 N–H and O–H groups in total. The first-order valence-electron chi connectivity index (χ1n) is 10.4. The summed E-state index contributed by atoms with van der Waals surface area (Å²) in [6, 6.07) is 9.25. The summed E-state index contributed by atoms with van der Waals surface area (Å²) in [4.78, 5) is 9.98. The minimum atomic E-state index is -0.175. The summed E-state index contributed by atoms with van der Waals surface area (Å²) < 4.78 is 13.5. The van der Waals surface area contributed by atoms with Crippen molar-refractivity contribution < 1.29 is 4.39 Å². The molecular weight excluding hydrogens is 337 g/mol. The fourth-order valence-corrected chi connectivity index (χ4v) is 4.37. The highest BCUT2D eigenvalue weighted by molar-refractivity contribution is 5.71. The molecule has 4 heteroatoms. The lowest BCUT2D eigenvalue weighted by Crippen LogP contribution is -2.29. The quantitative estimate of drug-likeness (QED) is 0.768. The van der Waals surface area contributed by atoms with Gasteiger partial charge in [-0.3, -0.25) is 0 Å². The molecule has 3 nitrogen and oxygen atoms in total. The Morgan fingerprint density at radius 3 is 2.44 bits per heavy atom. The van der Waals surface area contributed by atoms with Gasteiger partial charge in [-0.1, -0.05) is 25.0 Å². The lowest BCUT2D eigenvalue weighted by atomic mass is 9.90. The highest BCUT2D eigenvalue weighted by atomic mass is 19.1. The first kappa shape index (κ1) is 18.4. The molecule has 1 saturated heterocycles. The maximum absolute atomic E-state index is 13.5. The second kappa shape index (κ2) is 8.39. The van der Waals surface area contributed by atoms with Gasteiger partial charge in [0.2, 0.25) is 0 Å². The lowest BCUT2D eigenvalue weighted by Gasteiger charge is -2.26. The van der Waals surface area contributed by atoms with Crippen molar-refractivity contribution in [1.82, 2.24) is 9.88 Å². The lowest BCUT2D eigenvalue weighted by molar-refractivity contribution is 0.360. The van der Waals surface area contributed by atoms with Crippen molar-refractivity contribution >= 4 is 5.82 Å². The molecule has 2 aliphatic rings. The van der Waals surface area contributed by atoms with Crippen LogP contribution in [0.3, 0.4) is 0 Å². The number of hydrogen-bond acceptors (Lipinski definition) is 3. The van der Waals surface area contributed by atoms with Crippen molar-refractivity contribution in [1.29, 1.82) is 0 Å². The minimum Gasteiger partial charge on any atom is -0.355 e. The van der Waals surface area contributed by atoms with E-state index in [9.17, 15) is 4.39 Å². The van der Waals surface area contributed by atoms with Crippen LogP contribution in [0.4, 0.5) is 10.2 Å². The first-order valence-corrected chi connectivity index (χ1v) is 10.4. The molecule has 1 fully saturated rings. The van der Waals surface area contributed by atoms with Gasteiger partial charge in [0.15, 0.2) is 0 Å². The molecule has 0 radical (unpaired) electrons. The zero-order chi connectivity index (χ0) is 18.6. The summed E-state index contributed by atoms with van der Waals surface area (Å²) in [5.41, 5.74) is 5.03. The van der Waals surface area contributed by atoms with Crippen LogP contribution in [0.1, 0.15) is 43.4 Å². The molecular formula is C23H30FN3. The SMILES string of the molecule is CN1CCCN(c2cc(-c3ccc(F)cc3)c3c(n2)CCCCCC3)CC1. The Balaban J connectivity index is 1.77. The summed E-state index contributed by atoms with van der Waals surface area (Å²) >= 11 is 0. The summed E-state index contributed by atoms with van der Waals surface area (Å²) in [6.07, 6.45) is 8.34. The fourth-order valence-electron chi connectivity index (χ4n) is 4.37. The topological polar surface area (TPSA) is 19.4 Å². The van der Waals surface area contributed by atoms with E-state index >= 15 is 0 Å². The predicted octanol–water partition coefficient (Wildman–Crippen LogP) is 4.69. The van der Waals surface area contributed by atoms with E-state index < -0.39 is 0 Å². The number of likely N-dealkylation sites (N-methyl/N-ethyl adjacent to an activating group) is 1. The van der Waals surface area contributed by atoms with Crippen molar-refractivity contribution in [3.8, 4) is 11.1 Å². The Morgan fingerprint density at radius 2 is 1.63 bits per heavy atom. The Kier molecular flexibility index (Phi) is 5.72. The molecule has 1 aliphatic heterocycles. The van der Waals surface area contributed by atoms with Crippen LogP contribution in [0.25, 0.3) is 11.1 Å².